The Balaban J connectivity index is 2.75. The SMILES string of the molecule is CCC(C)(C#N)C(=O)NC1CCC(=O)N(C)C1=O. The van der Waals surface area contributed by atoms with Crippen LogP contribution in [0.1, 0.15) is 33.1 Å². The number of likely N-dealkylation sites (N-methyl/N-ethyl adjacent to an activating group) is 1. The lowest BCUT2D eigenvalue weighted by atomic mass is 9.87. The Labute approximate surface area is 106 Å². The molecule has 2 unspecified atom stereocenters. The molecule has 0 bridgehead atoms. The van der Waals surface area contributed by atoms with Crippen molar-refractivity contribution in [3.05, 3.63) is 0 Å². The minimum Gasteiger partial charge on any atom is -0.343 e. The summed E-state index contributed by atoms with van der Waals surface area (Å²) in [6, 6.07) is 1.24. The van der Waals surface area contributed by atoms with Crippen molar-refractivity contribution in [2.75, 3.05) is 7.05 Å². The van der Waals surface area contributed by atoms with Gasteiger partial charge in [-0.05, 0) is 19.8 Å². The maximum atomic E-state index is 11.9. The fraction of sp³-hybridized carbons (Fsp3) is 0.667. The number of imide groups is 1. The van der Waals surface area contributed by atoms with Crippen molar-refractivity contribution in [2.45, 2.75) is 39.2 Å². The molecule has 1 heterocycles. The summed E-state index contributed by atoms with van der Waals surface area (Å²) < 4.78 is 0. The van der Waals surface area contributed by atoms with Crippen LogP contribution in [0.15, 0.2) is 0 Å². The molecule has 1 fully saturated rings. The largest absolute Gasteiger partial charge is 0.343 e. The quantitative estimate of drug-likeness (QED) is 0.725. The van der Waals surface area contributed by atoms with Crippen LogP contribution in [0.5, 0.6) is 0 Å². The zero-order valence-corrected chi connectivity index (χ0v) is 10.8. The van der Waals surface area contributed by atoms with Crippen molar-refractivity contribution >= 4 is 17.7 Å². The van der Waals surface area contributed by atoms with Gasteiger partial charge < -0.3 is 5.32 Å². The van der Waals surface area contributed by atoms with E-state index in [2.05, 4.69) is 5.32 Å². The molecular formula is C12H17N3O3. The zero-order chi connectivity index (χ0) is 13.9. The average Bonchev–Trinajstić information content (AvgIpc) is 2.38. The molecule has 0 aliphatic carbocycles. The van der Waals surface area contributed by atoms with Gasteiger partial charge in [-0.1, -0.05) is 6.92 Å². The smallest absolute Gasteiger partial charge is 0.251 e. The normalized spacial score (nSPS) is 23.2. The molecule has 18 heavy (non-hydrogen) atoms. The molecule has 1 N–H and O–H groups in total. The first-order chi connectivity index (χ1) is 8.35. The molecule has 0 aromatic heterocycles. The van der Waals surface area contributed by atoms with Gasteiger partial charge in [0.15, 0.2) is 0 Å². The standard InChI is InChI=1S/C12H17N3O3/c1-4-12(2,7-13)11(18)14-8-5-6-9(16)15(3)10(8)17/h8H,4-6H2,1-3H3,(H,14,18). The molecule has 6 nitrogen and oxygen atoms in total. The lowest BCUT2D eigenvalue weighted by molar-refractivity contribution is -0.150. The molecule has 0 aromatic carbocycles. The fourth-order valence-corrected chi connectivity index (χ4v) is 1.66. The van der Waals surface area contributed by atoms with Crippen molar-refractivity contribution in [2.24, 2.45) is 5.41 Å². The van der Waals surface area contributed by atoms with E-state index in [0.717, 1.165) is 4.90 Å². The second-order valence-electron chi connectivity index (χ2n) is 4.65. The second kappa shape index (κ2) is 5.17. The number of rotatable bonds is 3. The lowest BCUT2D eigenvalue weighted by Gasteiger charge is -2.30. The minimum atomic E-state index is -1.14. The second-order valence-corrected chi connectivity index (χ2v) is 4.65. The molecule has 1 rings (SSSR count). The Kier molecular flexibility index (Phi) is 4.07. The number of hydrogen-bond acceptors (Lipinski definition) is 4. The Morgan fingerprint density at radius 1 is 1.61 bits per heavy atom. The molecule has 0 radical (unpaired) electrons. The number of amides is 3. The van der Waals surface area contributed by atoms with E-state index in [0.29, 0.717) is 12.8 Å². The van der Waals surface area contributed by atoms with Gasteiger partial charge in [0.25, 0.3) is 5.91 Å². The molecule has 1 saturated heterocycles. The van der Waals surface area contributed by atoms with E-state index in [1.165, 1.54) is 14.0 Å². The molecule has 0 spiro atoms. The number of carbonyl (C=O) groups excluding carboxylic acids is 3. The fourth-order valence-electron chi connectivity index (χ4n) is 1.66. The number of likely N-dealkylation sites (tertiary alicyclic amines) is 1. The monoisotopic (exact) mass is 251 g/mol. The Bertz CT molecular complexity index is 427. The van der Waals surface area contributed by atoms with E-state index in [-0.39, 0.29) is 12.3 Å². The molecule has 0 aromatic rings. The lowest BCUT2D eigenvalue weighted by Crippen LogP contribution is -2.55. The number of nitrogens with zero attached hydrogens (tertiary/aromatic N) is 2. The van der Waals surface area contributed by atoms with Crippen LogP contribution in [0.2, 0.25) is 0 Å². The summed E-state index contributed by atoms with van der Waals surface area (Å²) in [6.07, 6.45) is 0.882. The molecule has 3 amide bonds. The summed E-state index contributed by atoms with van der Waals surface area (Å²) in [5, 5.41) is 11.5. The van der Waals surface area contributed by atoms with Crippen LogP contribution in [0.3, 0.4) is 0 Å². The van der Waals surface area contributed by atoms with E-state index in [4.69, 9.17) is 5.26 Å². The highest BCUT2D eigenvalue weighted by molar-refractivity contribution is 6.02. The molecular weight excluding hydrogens is 234 g/mol. The highest BCUT2D eigenvalue weighted by atomic mass is 16.2. The van der Waals surface area contributed by atoms with Gasteiger partial charge in [0.1, 0.15) is 11.5 Å². The van der Waals surface area contributed by atoms with Crippen molar-refractivity contribution < 1.29 is 14.4 Å². The Hall–Kier alpha value is -1.90. The number of hydrogen-bond donors (Lipinski definition) is 1. The Morgan fingerprint density at radius 3 is 2.72 bits per heavy atom. The average molecular weight is 251 g/mol. The number of nitriles is 1. The summed E-state index contributed by atoms with van der Waals surface area (Å²) in [4.78, 5) is 36.0. The number of carbonyl (C=O) groups is 3. The zero-order valence-electron chi connectivity index (χ0n) is 10.8. The van der Waals surface area contributed by atoms with Gasteiger partial charge in [-0.2, -0.15) is 5.26 Å². The number of piperidine rings is 1. The van der Waals surface area contributed by atoms with Gasteiger partial charge in [-0.15, -0.1) is 0 Å². The van der Waals surface area contributed by atoms with Crippen LogP contribution in [0, 0.1) is 16.7 Å². The van der Waals surface area contributed by atoms with Crippen LogP contribution in [0.4, 0.5) is 0 Å². The predicted molar refractivity (Wildman–Crippen MR) is 63.0 cm³/mol. The third-order valence-corrected chi connectivity index (χ3v) is 3.41. The third kappa shape index (κ3) is 2.50. The van der Waals surface area contributed by atoms with Gasteiger partial charge in [0.05, 0.1) is 6.07 Å². The molecule has 1 aliphatic heterocycles. The van der Waals surface area contributed by atoms with Crippen molar-refractivity contribution in [3.8, 4) is 6.07 Å². The van der Waals surface area contributed by atoms with E-state index >= 15 is 0 Å². The third-order valence-electron chi connectivity index (χ3n) is 3.41. The van der Waals surface area contributed by atoms with Gasteiger partial charge in [-0.3, -0.25) is 19.3 Å². The van der Waals surface area contributed by atoms with Crippen LogP contribution in [-0.4, -0.2) is 35.7 Å². The number of nitrogens with one attached hydrogen (secondary N) is 1. The maximum absolute atomic E-state index is 11.9. The van der Waals surface area contributed by atoms with Crippen LogP contribution < -0.4 is 5.32 Å². The summed E-state index contributed by atoms with van der Waals surface area (Å²) in [5.74, 6) is -1.13. The van der Waals surface area contributed by atoms with Gasteiger partial charge in [-0.25, -0.2) is 0 Å². The van der Waals surface area contributed by atoms with Crippen LogP contribution in [0.25, 0.3) is 0 Å². The highest BCUT2D eigenvalue weighted by Crippen LogP contribution is 2.21. The molecule has 98 valence electrons. The van der Waals surface area contributed by atoms with Gasteiger partial charge >= 0.3 is 0 Å². The first-order valence-electron chi connectivity index (χ1n) is 5.88. The van der Waals surface area contributed by atoms with Crippen LogP contribution >= 0.6 is 0 Å². The molecule has 1 aliphatic rings. The van der Waals surface area contributed by atoms with E-state index in [1.807, 2.05) is 6.07 Å². The summed E-state index contributed by atoms with van der Waals surface area (Å²) in [5.41, 5.74) is -1.14. The predicted octanol–water partition coefficient (Wildman–Crippen LogP) is 0.190. The topological polar surface area (TPSA) is 90.3 Å². The highest BCUT2D eigenvalue weighted by Gasteiger charge is 2.37. The van der Waals surface area contributed by atoms with Crippen molar-refractivity contribution in [3.63, 3.8) is 0 Å². The van der Waals surface area contributed by atoms with E-state index in [1.54, 1.807) is 6.92 Å². The molecule has 2 atom stereocenters. The Morgan fingerprint density at radius 2 is 2.22 bits per heavy atom. The van der Waals surface area contributed by atoms with Crippen LogP contribution in [-0.2, 0) is 14.4 Å². The van der Waals surface area contributed by atoms with E-state index in [9.17, 15) is 14.4 Å². The van der Waals surface area contributed by atoms with Gasteiger partial charge in [0, 0.05) is 13.5 Å². The minimum absolute atomic E-state index is 0.225. The van der Waals surface area contributed by atoms with Crippen molar-refractivity contribution in [1.29, 1.82) is 5.26 Å². The van der Waals surface area contributed by atoms with Crippen molar-refractivity contribution in [1.82, 2.24) is 10.2 Å². The van der Waals surface area contributed by atoms with Gasteiger partial charge in [0.2, 0.25) is 11.8 Å². The maximum Gasteiger partial charge on any atom is 0.251 e. The molecule has 6 heteroatoms. The summed E-state index contributed by atoms with van der Waals surface area (Å²) in [6.45, 7) is 3.27. The summed E-state index contributed by atoms with van der Waals surface area (Å²) in [7, 11) is 1.40. The first-order valence-corrected chi connectivity index (χ1v) is 5.88. The first kappa shape index (κ1) is 14.2. The van der Waals surface area contributed by atoms with E-state index < -0.39 is 23.3 Å². The molecule has 0 saturated carbocycles. The summed E-state index contributed by atoms with van der Waals surface area (Å²) >= 11 is 0.